The molecule has 0 fully saturated rings. The molecule has 0 bridgehead atoms. The van der Waals surface area contributed by atoms with Gasteiger partial charge in [0, 0.05) is 67.5 Å². The summed E-state index contributed by atoms with van der Waals surface area (Å²) in [5.74, 6) is 0. The maximum absolute atomic E-state index is 3.84. The van der Waals surface area contributed by atoms with Crippen molar-refractivity contribution in [3.8, 4) is 28.2 Å². The molecule has 0 aliphatic rings. The van der Waals surface area contributed by atoms with Gasteiger partial charge in [0.1, 0.15) is 0 Å². The predicted octanol–water partition coefficient (Wildman–Crippen LogP) is 14.0. The van der Waals surface area contributed by atoms with Crippen LogP contribution in [-0.4, -0.2) is 18.3 Å². The summed E-state index contributed by atoms with van der Waals surface area (Å²) in [6.45, 7) is 5.91. The van der Waals surface area contributed by atoms with Crippen molar-refractivity contribution < 1.29 is 0 Å². The number of nitrogens with zero attached hydrogens (tertiary/aromatic N) is 4. The van der Waals surface area contributed by atoms with Crippen molar-refractivity contribution in [2.75, 3.05) is 0 Å². The van der Waals surface area contributed by atoms with Gasteiger partial charge in [0.2, 0.25) is 0 Å². The largest absolute Gasteiger partial charge is 0.317 e. The molecule has 0 radical (unpaired) electrons. The fraction of sp³-hybridized carbons (Fsp3) is 0.0189. The molecular formula is C53H38N4. The first kappa shape index (κ1) is 32.8. The van der Waals surface area contributed by atoms with E-state index >= 15 is 0 Å². The average Bonchev–Trinajstić information content (AvgIpc) is 4.04. The van der Waals surface area contributed by atoms with Gasteiger partial charge in [-0.1, -0.05) is 91.5 Å². The molecule has 4 heterocycles. The van der Waals surface area contributed by atoms with Crippen LogP contribution in [0.2, 0.25) is 0 Å². The smallest absolute Gasteiger partial charge is 0.0541 e. The second-order valence-corrected chi connectivity index (χ2v) is 14.7. The van der Waals surface area contributed by atoms with Crippen molar-refractivity contribution in [3.63, 3.8) is 0 Å². The van der Waals surface area contributed by atoms with Crippen molar-refractivity contribution in [1.29, 1.82) is 0 Å². The van der Waals surface area contributed by atoms with Crippen molar-refractivity contribution in [1.82, 2.24) is 18.3 Å². The fourth-order valence-corrected chi connectivity index (χ4v) is 8.92. The molecule has 0 N–H and O–H groups in total. The van der Waals surface area contributed by atoms with Crippen molar-refractivity contribution >= 4 is 71.1 Å². The number of para-hydroxylation sites is 3. The SMILES string of the molecule is C=C/C=C\C(=C/C)n1ccc2cc(-n3c4ccccc4c4cc(-c5ccc6c(c5)c5ccccc5n6-c5ccc6c(ccn6-c6ccccc6)c5)ccc43)ccc21. The van der Waals surface area contributed by atoms with Gasteiger partial charge in [0.25, 0.3) is 0 Å². The van der Waals surface area contributed by atoms with Crippen LogP contribution in [0, 0.1) is 0 Å². The highest BCUT2D eigenvalue weighted by Crippen LogP contribution is 2.39. The molecule has 4 nitrogen and oxygen atoms in total. The monoisotopic (exact) mass is 730 g/mol. The average molecular weight is 731 g/mol. The highest BCUT2D eigenvalue weighted by Gasteiger charge is 2.17. The summed E-state index contributed by atoms with van der Waals surface area (Å²) in [5.41, 5.74) is 14.1. The molecule has 0 saturated heterocycles. The van der Waals surface area contributed by atoms with E-state index in [4.69, 9.17) is 0 Å². The maximum atomic E-state index is 3.84. The summed E-state index contributed by atoms with van der Waals surface area (Å²) in [7, 11) is 0. The topological polar surface area (TPSA) is 19.7 Å². The van der Waals surface area contributed by atoms with Gasteiger partial charge in [-0.3, -0.25) is 0 Å². The quantitative estimate of drug-likeness (QED) is 0.146. The molecule has 4 aromatic heterocycles. The van der Waals surface area contributed by atoms with E-state index in [-0.39, 0.29) is 0 Å². The lowest BCUT2D eigenvalue weighted by Gasteiger charge is -2.11. The third kappa shape index (κ3) is 5.15. The Morgan fingerprint density at radius 2 is 0.982 bits per heavy atom. The zero-order chi connectivity index (χ0) is 38.0. The van der Waals surface area contributed by atoms with Crippen LogP contribution >= 0.6 is 0 Å². The van der Waals surface area contributed by atoms with Gasteiger partial charge in [-0.15, -0.1) is 0 Å². The van der Waals surface area contributed by atoms with Crippen molar-refractivity contribution in [3.05, 3.63) is 207 Å². The van der Waals surface area contributed by atoms with Crippen molar-refractivity contribution in [2.24, 2.45) is 0 Å². The number of rotatable bonds is 7. The molecule has 0 saturated carbocycles. The van der Waals surface area contributed by atoms with E-state index in [1.165, 1.54) is 76.5 Å². The minimum atomic E-state index is 1.11. The Kier molecular flexibility index (Phi) is 7.51. The molecule has 7 aromatic carbocycles. The van der Waals surface area contributed by atoms with Crippen LogP contribution in [0.25, 0.3) is 99.3 Å². The van der Waals surface area contributed by atoms with Crippen LogP contribution in [0.3, 0.4) is 0 Å². The molecule has 57 heavy (non-hydrogen) atoms. The molecule has 0 unspecified atom stereocenters. The zero-order valence-corrected chi connectivity index (χ0v) is 31.5. The second kappa shape index (κ2) is 13.0. The molecule has 270 valence electrons. The summed E-state index contributed by atoms with van der Waals surface area (Å²) in [4.78, 5) is 0. The predicted molar refractivity (Wildman–Crippen MR) is 242 cm³/mol. The Balaban J connectivity index is 1.02. The van der Waals surface area contributed by atoms with Gasteiger partial charge >= 0.3 is 0 Å². The van der Waals surface area contributed by atoms with Gasteiger partial charge in [0.15, 0.2) is 0 Å². The van der Waals surface area contributed by atoms with Crippen LogP contribution < -0.4 is 0 Å². The molecular weight excluding hydrogens is 693 g/mol. The summed E-state index contributed by atoms with van der Waals surface area (Å²) in [6, 6.07) is 60.0. The summed E-state index contributed by atoms with van der Waals surface area (Å²) in [6.07, 6.45) is 12.3. The van der Waals surface area contributed by atoms with Gasteiger partial charge in [-0.2, -0.15) is 0 Å². The minimum Gasteiger partial charge on any atom is -0.317 e. The number of hydrogen-bond donors (Lipinski definition) is 0. The van der Waals surface area contributed by atoms with Gasteiger partial charge in [-0.05, 0) is 121 Å². The lowest BCUT2D eigenvalue weighted by atomic mass is 10.0. The molecule has 4 heteroatoms. The van der Waals surface area contributed by atoms with E-state index in [9.17, 15) is 0 Å². The summed E-state index contributed by atoms with van der Waals surface area (Å²) >= 11 is 0. The summed E-state index contributed by atoms with van der Waals surface area (Å²) in [5, 5.41) is 7.38. The highest BCUT2D eigenvalue weighted by molar-refractivity contribution is 6.13. The normalized spacial score (nSPS) is 12.4. The van der Waals surface area contributed by atoms with Crippen molar-refractivity contribution in [2.45, 2.75) is 6.92 Å². The standard InChI is InChI=1S/C53H38N4/c1-3-5-13-40(4-2)54-30-28-38-32-42(22-26-48(38)54)56-50-18-11-9-16-44(50)46-34-36(20-24-52(46)56)37-21-25-53-47(35-37)45-17-10-12-19-51(45)57(53)43-23-27-49-39(33-43)29-31-55(49)41-14-7-6-8-15-41/h3-35H,1H2,2H3/b13-5-,40-4+. The van der Waals surface area contributed by atoms with Gasteiger partial charge < -0.3 is 18.3 Å². The molecule has 0 aliphatic carbocycles. The Labute approximate surface area is 330 Å². The first-order valence-electron chi connectivity index (χ1n) is 19.5. The molecule has 0 aliphatic heterocycles. The molecule has 0 atom stereocenters. The number of hydrogen-bond acceptors (Lipinski definition) is 0. The molecule has 0 spiro atoms. The van der Waals surface area contributed by atoms with Crippen LogP contribution in [0.5, 0.6) is 0 Å². The van der Waals surface area contributed by atoms with Crippen LogP contribution in [-0.2, 0) is 0 Å². The fourth-order valence-electron chi connectivity index (χ4n) is 8.92. The second-order valence-electron chi connectivity index (χ2n) is 14.7. The molecule has 0 amide bonds. The van der Waals surface area contributed by atoms with E-state index in [1.807, 2.05) is 12.2 Å². The third-order valence-electron chi connectivity index (χ3n) is 11.6. The lowest BCUT2D eigenvalue weighted by Crippen LogP contribution is -1.95. The Hall–Kier alpha value is -7.56. The van der Waals surface area contributed by atoms with E-state index in [1.54, 1.807) is 0 Å². The number of allylic oxidation sites excluding steroid dienone is 5. The minimum absolute atomic E-state index is 1.11. The highest BCUT2D eigenvalue weighted by atomic mass is 15.0. The van der Waals surface area contributed by atoms with Crippen LogP contribution in [0.15, 0.2) is 207 Å². The summed E-state index contributed by atoms with van der Waals surface area (Å²) < 4.78 is 9.30. The van der Waals surface area contributed by atoms with Crippen LogP contribution in [0.1, 0.15) is 6.92 Å². The molecule has 11 aromatic rings. The number of aromatic nitrogens is 4. The maximum Gasteiger partial charge on any atom is 0.0541 e. The first-order valence-corrected chi connectivity index (χ1v) is 19.5. The number of fused-ring (bicyclic) bond motifs is 8. The van der Waals surface area contributed by atoms with E-state index < -0.39 is 0 Å². The van der Waals surface area contributed by atoms with Gasteiger partial charge in [0.05, 0.1) is 33.1 Å². The van der Waals surface area contributed by atoms with E-state index in [2.05, 4.69) is 220 Å². The Bertz CT molecular complexity index is 3430. The van der Waals surface area contributed by atoms with Crippen LogP contribution in [0.4, 0.5) is 0 Å². The Morgan fingerprint density at radius 3 is 1.60 bits per heavy atom. The Morgan fingerprint density at radius 1 is 0.456 bits per heavy atom. The van der Waals surface area contributed by atoms with E-state index in [0.29, 0.717) is 0 Å². The number of benzene rings is 7. The third-order valence-corrected chi connectivity index (χ3v) is 11.6. The first-order chi connectivity index (χ1) is 28.2. The zero-order valence-electron chi connectivity index (χ0n) is 31.5. The van der Waals surface area contributed by atoms with E-state index in [0.717, 1.165) is 22.8 Å². The van der Waals surface area contributed by atoms with Gasteiger partial charge in [-0.25, -0.2) is 0 Å². The molecule has 11 rings (SSSR count). The lowest BCUT2D eigenvalue weighted by molar-refractivity contribution is 1.12.